The third kappa shape index (κ3) is 4.64. The Morgan fingerprint density at radius 1 is 0.243 bits per heavy atom. The molecule has 0 aliphatic heterocycles. The van der Waals surface area contributed by atoms with Crippen LogP contribution in [0.25, 0.3) is 72.0 Å². The van der Waals surface area contributed by atoms with Crippen LogP contribution in [0.2, 0.25) is 0 Å². The van der Waals surface area contributed by atoms with Crippen molar-refractivity contribution in [3.8, 4) is 50.2 Å². The van der Waals surface area contributed by atoms with Crippen LogP contribution in [0.3, 0.4) is 0 Å². The lowest BCUT2D eigenvalue weighted by Gasteiger charge is -2.33. The SMILES string of the molecule is c1ccc(-n2c3ccccc3c3cc(N(c4ccc5c(c4)C4(c6ccccc6-c6ccccc64)c4ccccc4-5)c4ccc5c(c4)C4(c6ccccc6-c6ccccc64)c4ccccc4-5)ccc32)cc1. The molecule has 0 atom stereocenters. The molecule has 0 fully saturated rings. The van der Waals surface area contributed by atoms with Gasteiger partial charge in [0.1, 0.15) is 0 Å². The highest BCUT2D eigenvalue weighted by atomic mass is 15.1. The summed E-state index contributed by atoms with van der Waals surface area (Å²) in [7, 11) is 0. The molecular formula is C68H42N2. The highest BCUT2D eigenvalue weighted by molar-refractivity contribution is 6.11. The van der Waals surface area contributed by atoms with Crippen molar-refractivity contribution in [1.82, 2.24) is 4.57 Å². The topological polar surface area (TPSA) is 8.17 Å². The number of hydrogen-bond acceptors (Lipinski definition) is 1. The lowest BCUT2D eigenvalue weighted by atomic mass is 9.70. The zero-order valence-electron chi connectivity index (χ0n) is 38.1. The molecule has 4 aliphatic rings. The quantitative estimate of drug-likeness (QED) is 0.171. The summed E-state index contributed by atoms with van der Waals surface area (Å²) in [5.74, 6) is 0. The summed E-state index contributed by atoms with van der Waals surface area (Å²) in [5.41, 5.74) is 27.0. The van der Waals surface area contributed by atoms with Crippen LogP contribution in [-0.4, -0.2) is 4.57 Å². The van der Waals surface area contributed by atoms with Gasteiger partial charge in [0.25, 0.3) is 0 Å². The Bertz CT molecular complexity index is 3890. The first-order valence-corrected chi connectivity index (χ1v) is 24.5. The van der Waals surface area contributed by atoms with E-state index in [4.69, 9.17) is 0 Å². The first-order valence-electron chi connectivity index (χ1n) is 24.5. The molecular weight excluding hydrogens is 845 g/mol. The fourth-order valence-electron chi connectivity index (χ4n) is 13.8. The summed E-state index contributed by atoms with van der Waals surface area (Å²) >= 11 is 0. The fourth-order valence-corrected chi connectivity index (χ4v) is 13.8. The molecule has 0 saturated heterocycles. The minimum atomic E-state index is -0.477. The number of hydrogen-bond donors (Lipinski definition) is 0. The third-order valence-electron chi connectivity index (χ3n) is 16.4. The van der Waals surface area contributed by atoms with Crippen molar-refractivity contribution in [2.45, 2.75) is 10.8 Å². The maximum Gasteiger partial charge on any atom is 0.0726 e. The van der Waals surface area contributed by atoms with Gasteiger partial charge in [-0.3, -0.25) is 0 Å². The molecule has 11 aromatic carbocycles. The third-order valence-corrected chi connectivity index (χ3v) is 16.4. The number of fused-ring (bicyclic) bond motifs is 23. The minimum absolute atomic E-state index is 0.477. The zero-order chi connectivity index (χ0) is 45.7. The van der Waals surface area contributed by atoms with Gasteiger partial charge in [0.05, 0.1) is 21.9 Å². The molecule has 0 amide bonds. The van der Waals surface area contributed by atoms with E-state index in [0.29, 0.717) is 0 Å². The van der Waals surface area contributed by atoms with Gasteiger partial charge in [-0.05, 0) is 150 Å². The highest BCUT2D eigenvalue weighted by Crippen LogP contribution is 2.65. The Morgan fingerprint density at radius 2 is 0.571 bits per heavy atom. The van der Waals surface area contributed by atoms with Gasteiger partial charge < -0.3 is 9.47 Å². The largest absolute Gasteiger partial charge is 0.310 e. The lowest BCUT2D eigenvalue weighted by molar-refractivity contribution is 0.792. The number of aromatic nitrogens is 1. The first kappa shape index (κ1) is 38.0. The molecule has 324 valence electrons. The molecule has 2 spiro atoms. The Morgan fingerprint density at radius 3 is 1.01 bits per heavy atom. The minimum Gasteiger partial charge on any atom is -0.310 e. The highest BCUT2D eigenvalue weighted by Gasteiger charge is 2.53. The maximum atomic E-state index is 2.54. The lowest BCUT2D eigenvalue weighted by Crippen LogP contribution is -2.26. The van der Waals surface area contributed by atoms with Gasteiger partial charge in [0.2, 0.25) is 0 Å². The zero-order valence-corrected chi connectivity index (χ0v) is 38.1. The average Bonchev–Trinajstić information content (AvgIpc) is 4.19. The van der Waals surface area contributed by atoms with Gasteiger partial charge >= 0.3 is 0 Å². The van der Waals surface area contributed by atoms with Gasteiger partial charge in [-0.2, -0.15) is 0 Å². The first-order chi connectivity index (χ1) is 34.7. The smallest absolute Gasteiger partial charge is 0.0726 e. The summed E-state index contributed by atoms with van der Waals surface area (Å²) in [6.45, 7) is 0. The van der Waals surface area contributed by atoms with Crippen LogP contribution < -0.4 is 4.90 Å². The van der Waals surface area contributed by atoms with Crippen LogP contribution >= 0.6 is 0 Å². The fraction of sp³-hybridized carbons (Fsp3) is 0.0294. The van der Waals surface area contributed by atoms with Crippen molar-refractivity contribution in [3.05, 3.63) is 299 Å². The number of para-hydroxylation sites is 2. The van der Waals surface area contributed by atoms with E-state index < -0.39 is 10.8 Å². The van der Waals surface area contributed by atoms with E-state index >= 15 is 0 Å². The van der Waals surface area contributed by atoms with Crippen molar-refractivity contribution in [2.75, 3.05) is 4.90 Å². The Hall–Kier alpha value is -8.98. The monoisotopic (exact) mass is 886 g/mol. The van der Waals surface area contributed by atoms with Gasteiger partial charge in [0, 0.05) is 33.5 Å². The summed E-state index contributed by atoms with van der Waals surface area (Å²) < 4.78 is 2.41. The number of anilines is 3. The molecule has 0 radical (unpaired) electrons. The summed E-state index contributed by atoms with van der Waals surface area (Å²) in [5, 5.41) is 2.45. The molecule has 70 heavy (non-hydrogen) atoms. The second kappa shape index (κ2) is 13.8. The standard InChI is InChI=1S/C68H42N2/c1-2-18-43(19-3-1)70-65-33-17-10-26-55(65)56-40-44(36-39-66(56)70)69(45-34-37-53-51-24-8-15-31-61(51)67(63(53)41-45)57-27-11-4-20-47(57)48-21-5-12-28-58(48)67)46-35-38-54-52-25-9-16-32-62(52)68(64(54)42-46)59-29-13-6-22-49(59)50-23-7-14-30-60(50)68/h1-42H. The Balaban J connectivity index is 0.991. The van der Waals surface area contributed by atoms with E-state index in [-0.39, 0.29) is 0 Å². The van der Waals surface area contributed by atoms with Gasteiger partial charge in [-0.25, -0.2) is 0 Å². The normalized spacial score (nSPS) is 14.2. The van der Waals surface area contributed by atoms with Crippen molar-refractivity contribution in [1.29, 1.82) is 0 Å². The van der Waals surface area contributed by atoms with E-state index in [1.54, 1.807) is 0 Å². The number of benzene rings is 11. The van der Waals surface area contributed by atoms with E-state index in [0.717, 1.165) is 22.7 Å². The maximum absolute atomic E-state index is 2.54. The number of nitrogens with zero attached hydrogens (tertiary/aromatic N) is 2. The van der Waals surface area contributed by atoms with Crippen LogP contribution in [0.4, 0.5) is 17.1 Å². The van der Waals surface area contributed by atoms with Crippen LogP contribution in [0.5, 0.6) is 0 Å². The van der Waals surface area contributed by atoms with Gasteiger partial charge in [-0.1, -0.05) is 194 Å². The van der Waals surface area contributed by atoms with E-state index in [1.807, 2.05) is 0 Å². The molecule has 1 heterocycles. The summed E-state index contributed by atoms with van der Waals surface area (Å²) in [6, 6.07) is 96.1. The Kier molecular flexibility index (Phi) is 7.51. The second-order valence-electron chi connectivity index (χ2n) is 19.5. The van der Waals surface area contributed by atoms with Gasteiger partial charge in [0.15, 0.2) is 0 Å². The molecule has 0 unspecified atom stereocenters. The van der Waals surface area contributed by atoms with Gasteiger partial charge in [-0.15, -0.1) is 0 Å². The molecule has 1 aromatic heterocycles. The average molecular weight is 887 g/mol. The Labute approximate surface area is 406 Å². The molecule has 2 nitrogen and oxygen atoms in total. The molecule has 12 aromatic rings. The molecule has 16 rings (SSSR count). The van der Waals surface area contributed by atoms with Crippen molar-refractivity contribution in [2.24, 2.45) is 0 Å². The predicted octanol–water partition coefficient (Wildman–Crippen LogP) is 16.9. The van der Waals surface area contributed by atoms with Crippen molar-refractivity contribution >= 4 is 38.9 Å². The molecule has 4 aliphatic carbocycles. The summed E-state index contributed by atoms with van der Waals surface area (Å²) in [6.07, 6.45) is 0. The number of rotatable bonds is 4. The van der Waals surface area contributed by atoms with Crippen LogP contribution in [0.15, 0.2) is 255 Å². The molecule has 0 bridgehead atoms. The van der Waals surface area contributed by atoms with Crippen LogP contribution in [0.1, 0.15) is 44.5 Å². The van der Waals surface area contributed by atoms with Crippen LogP contribution in [0, 0.1) is 0 Å². The van der Waals surface area contributed by atoms with E-state index in [9.17, 15) is 0 Å². The van der Waals surface area contributed by atoms with E-state index in [1.165, 1.54) is 111 Å². The second-order valence-corrected chi connectivity index (χ2v) is 19.5. The van der Waals surface area contributed by atoms with Crippen molar-refractivity contribution < 1.29 is 0 Å². The molecule has 0 N–H and O–H groups in total. The van der Waals surface area contributed by atoms with Crippen LogP contribution in [-0.2, 0) is 10.8 Å². The summed E-state index contributed by atoms with van der Waals surface area (Å²) in [4.78, 5) is 2.54. The predicted molar refractivity (Wildman–Crippen MR) is 288 cm³/mol. The molecule has 0 saturated carbocycles. The van der Waals surface area contributed by atoms with E-state index in [2.05, 4.69) is 264 Å². The molecule has 2 heteroatoms. The van der Waals surface area contributed by atoms with Crippen molar-refractivity contribution in [3.63, 3.8) is 0 Å².